The van der Waals surface area contributed by atoms with E-state index in [9.17, 15) is 4.79 Å². The molecule has 2 heterocycles. The highest BCUT2D eigenvalue weighted by molar-refractivity contribution is 7.15. The summed E-state index contributed by atoms with van der Waals surface area (Å²) in [5.74, 6) is -0.0325. The summed E-state index contributed by atoms with van der Waals surface area (Å²) in [5, 5.41) is 12.4. The maximum atomic E-state index is 12.1. The first-order valence-corrected chi connectivity index (χ1v) is 9.58. The molecule has 1 N–H and O–H groups in total. The minimum atomic E-state index is -0.0325. The van der Waals surface area contributed by atoms with Crippen LogP contribution in [0.1, 0.15) is 62.3 Å². The molecule has 1 saturated heterocycles. The second-order valence-corrected chi connectivity index (χ2v) is 8.45. The van der Waals surface area contributed by atoms with Gasteiger partial charge in [-0.3, -0.25) is 4.79 Å². The summed E-state index contributed by atoms with van der Waals surface area (Å²) in [5.41, 5.74) is 2.62. The first-order chi connectivity index (χ1) is 11.9. The SMILES string of the molecule is CC(C)(C)c1ccc(CCC(=O)Nc2nnc([C@@H]3CCCO3)s2)cc1. The fraction of sp³-hybridized carbons (Fsp3) is 0.526. The number of ether oxygens (including phenoxy) is 1. The molecule has 1 aromatic carbocycles. The molecule has 5 nitrogen and oxygen atoms in total. The summed E-state index contributed by atoms with van der Waals surface area (Å²) in [6.07, 6.45) is 3.23. The number of anilines is 1. The van der Waals surface area contributed by atoms with Crippen LogP contribution in [-0.2, 0) is 21.4 Å². The zero-order valence-corrected chi connectivity index (χ0v) is 15.9. The monoisotopic (exact) mass is 359 g/mol. The highest BCUT2D eigenvalue weighted by Gasteiger charge is 2.22. The standard InChI is InChI=1S/C19H25N3O2S/c1-19(2,3)14-9-6-13(7-10-14)8-11-16(23)20-18-22-21-17(25-18)15-5-4-12-24-15/h6-7,9-10,15H,4-5,8,11-12H2,1-3H3,(H,20,22,23)/t15-/m0/s1. The molecule has 0 unspecified atom stereocenters. The van der Waals surface area contributed by atoms with Crippen molar-refractivity contribution in [3.63, 3.8) is 0 Å². The summed E-state index contributed by atoms with van der Waals surface area (Å²) in [7, 11) is 0. The van der Waals surface area contributed by atoms with E-state index in [2.05, 4.69) is 60.6 Å². The molecule has 0 spiro atoms. The lowest BCUT2D eigenvalue weighted by atomic mass is 9.86. The van der Waals surface area contributed by atoms with Crippen molar-refractivity contribution in [1.29, 1.82) is 0 Å². The Bertz CT molecular complexity index is 713. The Kier molecular flexibility index (Phi) is 5.49. The lowest BCUT2D eigenvalue weighted by molar-refractivity contribution is -0.116. The lowest BCUT2D eigenvalue weighted by Crippen LogP contribution is -2.13. The smallest absolute Gasteiger partial charge is 0.226 e. The van der Waals surface area contributed by atoms with Gasteiger partial charge >= 0.3 is 0 Å². The molecule has 1 atom stereocenters. The van der Waals surface area contributed by atoms with Crippen LogP contribution in [0.4, 0.5) is 5.13 Å². The molecule has 1 aromatic heterocycles. The highest BCUT2D eigenvalue weighted by Crippen LogP contribution is 2.31. The van der Waals surface area contributed by atoms with Gasteiger partial charge in [-0.1, -0.05) is 56.4 Å². The molecule has 0 radical (unpaired) electrons. The van der Waals surface area contributed by atoms with Gasteiger partial charge in [-0.05, 0) is 35.8 Å². The number of nitrogens with one attached hydrogen (secondary N) is 1. The fourth-order valence-corrected chi connectivity index (χ4v) is 3.64. The molecule has 6 heteroatoms. The molecule has 1 fully saturated rings. The Balaban J connectivity index is 1.49. The quantitative estimate of drug-likeness (QED) is 0.866. The van der Waals surface area contributed by atoms with E-state index in [0.29, 0.717) is 18.0 Å². The van der Waals surface area contributed by atoms with Crippen molar-refractivity contribution >= 4 is 22.4 Å². The Morgan fingerprint density at radius 3 is 2.68 bits per heavy atom. The zero-order chi connectivity index (χ0) is 17.9. The molecule has 2 aromatic rings. The number of aromatic nitrogens is 2. The predicted octanol–water partition coefficient (Wildman–Crippen LogP) is 4.26. The van der Waals surface area contributed by atoms with Crippen molar-refractivity contribution in [3.05, 3.63) is 40.4 Å². The van der Waals surface area contributed by atoms with E-state index in [-0.39, 0.29) is 17.4 Å². The number of hydrogen-bond donors (Lipinski definition) is 1. The molecule has 134 valence electrons. The van der Waals surface area contributed by atoms with E-state index in [1.165, 1.54) is 22.5 Å². The number of rotatable bonds is 5. The third-order valence-corrected chi connectivity index (χ3v) is 5.28. The number of amides is 1. The highest BCUT2D eigenvalue weighted by atomic mass is 32.1. The number of carbonyl (C=O) groups excluding carboxylic acids is 1. The van der Waals surface area contributed by atoms with Gasteiger partial charge in [0.25, 0.3) is 0 Å². The van der Waals surface area contributed by atoms with Crippen LogP contribution in [0.5, 0.6) is 0 Å². The second-order valence-electron chi connectivity index (χ2n) is 7.44. The predicted molar refractivity (Wildman–Crippen MR) is 99.9 cm³/mol. The molecular weight excluding hydrogens is 334 g/mol. The Morgan fingerprint density at radius 2 is 2.04 bits per heavy atom. The van der Waals surface area contributed by atoms with E-state index in [4.69, 9.17) is 4.74 Å². The summed E-state index contributed by atoms with van der Waals surface area (Å²) >= 11 is 1.41. The Morgan fingerprint density at radius 1 is 1.28 bits per heavy atom. The Hall–Kier alpha value is -1.79. The van der Waals surface area contributed by atoms with Gasteiger partial charge < -0.3 is 10.1 Å². The molecule has 1 amide bonds. The van der Waals surface area contributed by atoms with Crippen LogP contribution in [0, 0.1) is 0 Å². The summed E-state index contributed by atoms with van der Waals surface area (Å²) in [4.78, 5) is 12.1. The van der Waals surface area contributed by atoms with Gasteiger partial charge in [0.2, 0.25) is 11.0 Å². The zero-order valence-electron chi connectivity index (χ0n) is 15.0. The van der Waals surface area contributed by atoms with Crippen LogP contribution in [-0.4, -0.2) is 22.7 Å². The van der Waals surface area contributed by atoms with Gasteiger partial charge in [0.15, 0.2) is 0 Å². The molecule has 25 heavy (non-hydrogen) atoms. The summed E-state index contributed by atoms with van der Waals surface area (Å²) in [6, 6.07) is 8.50. The molecule has 1 aliphatic heterocycles. The van der Waals surface area contributed by atoms with E-state index >= 15 is 0 Å². The number of carbonyl (C=O) groups is 1. The van der Waals surface area contributed by atoms with Gasteiger partial charge in [0.1, 0.15) is 11.1 Å². The van der Waals surface area contributed by atoms with Crippen molar-refractivity contribution in [2.24, 2.45) is 0 Å². The first kappa shape index (κ1) is 18.0. The van der Waals surface area contributed by atoms with Crippen molar-refractivity contribution in [2.75, 3.05) is 11.9 Å². The maximum Gasteiger partial charge on any atom is 0.226 e. The summed E-state index contributed by atoms with van der Waals surface area (Å²) in [6.45, 7) is 7.37. The van der Waals surface area contributed by atoms with Gasteiger partial charge in [-0.25, -0.2) is 0 Å². The minimum absolute atomic E-state index is 0.0325. The topological polar surface area (TPSA) is 64.1 Å². The molecule has 3 rings (SSSR count). The van der Waals surface area contributed by atoms with E-state index in [0.717, 1.165) is 24.5 Å². The average Bonchev–Trinajstić information content (AvgIpc) is 3.23. The minimum Gasteiger partial charge on any atom is -0.371 e. The third kappa shape index (κ3) is 4.86. The average molecular weight is 359 g/mol. The Labute approximate surface area is 152 Å². The van der Waals surface area contributed by atoms with Crippen LogP contribution in [0.2, 0.25) is 0 Å². The van der Waals surface area contributed by atoms with Gasteiger partial charge in [0.05, 0.1) is 0 Å². The van der Waals surface area contributed by atoms with E-state index in [1.54, 1.807) is 0 Å². The number of benzene rings is 1. The molecule has 0 bridgehead atoms. The van der Waals surface area contributed by atoms with Gasteiger partial charge in [0, 0.05) is 13.0 Å². The van der Waals surface area contributed by atoms with Crippen molar-refractivity contribution in [3.8, 4) is 0 Å². The van der Waals surface area contributed by atoms with E-state index in [1.807, 2.05) is 0 Å². The van der Waals surface area contributed by atoms with Crippen molar-refractivity contribution < 1.29 is 9.53 Å². The largest absolute Gasteiger partial charge is 0.371 e. The number of nitrogens with zero attached hydrogens (tertiary/aromatic N) is 2. The van der Waals surface area contributed by atoms with Crippen LogP contribution >= 0.6 is 11.3 Å². The van der Waals surface area contributed by atoms with Crippen molar-refractivity contribution in [1.82, 2.24) is 10.2 Å². The van der Waals surface area contributed by atoms with Crippen LogP contribution in [0.25, 0.3) is 0 Å². The fourth-order valence-electron chi connectivity index (χ4n) is 2.80. The second kappa shape index (κ2) is 7.62. The van der Waals surface area contributed by atoms with Crippen LogP contribution < -0.4 is 5.32 Å². The molecule has 1 aliphatic rings. The molecule has 0 aliphatic carbocycles. The number of hydrogen-bond acceptors (Lipinski definition) is 5. The lowest BCUT2D eigenvalue weighted by Gasteiger charge is -2.19. The third-order valence-electron chi connectivity index (χ3n) is 4.35. The summed E-state index contributed by atoms with van der Waals surface area (Å²) < 4.78 is 5.59. The van der Waals surface area contributed by atoms with E-state index < -0.39 is 0 Å². The maximum absolute atomic E-state index is 12.1. The van der Waals surface area contributed by atoms with Crippen LogP contribution in [0.3, 0.4) is 0 Å². The normalized spacial score (nSPS) is 17.6. The molecule has 0 saturated carbocycles. The first-order valence-electron chi connectivity index (χ1n) is 8.76. The van der Waals surface area contributed by atoms with Crippen LogP contribution in [0.15, 0.2) is 24.3 Å². The molecular formula is C19H25N3O2S. The van der Waals surface area contributed by atoms with Gasteiger partial charge in [-0.15, -0.1) is 10.2 Å². The van der Waals surface area contributed by atoms with Gasteiger partial charge in [-0.2, -0.15) is 0 Å². The number of aryl methyl sites for hydroxylation is 1. The van der Waals surface area contributed by atoms with Crippen molar-refractivity contribution in [2.45, 2.75) is 58.0 Å².